The number of carbonyl (C=O) groups is 1. The molecular weight excluding hydrogens is 315 g/mol. The van der Waals surface area contributed by atoms with Crippen LogP contribution in [0.1, 0.15) is 13.3 Å². The molecule has 5 nitrogen and oxygen atoms in total. The van der Waals surface area contributed by atoms with Crippen molar-refractivity contribution in [2.24, 2.45) is 0 Å². The molecule has 0 saturated carbocycles. The molecule has 2 heterocycles. The molecule has 2 bridgehead atoms. The molecule has 0 aromatic heterocycles. The normalized spacial score (nSPS) is 43.3. The van der Waals surface area contributed by atoms with Crippen LogP contribution < -0.4 is 0 Å². The standard InChI is InChI=1S/C9H13IO5/c1-2-13-8(12)9-3-5(10)7(15-9)6(4-11)14-9/h5-7,11H,2-4H2,1H3. The van der Waals surface area contributed by atoms with Crippen molar-refractivity contribution in [1.82, 2.24) is 0 Å². The van der Waals surface area contributed by atoms with Crippen LogP contribution in [-0.4, -0.2) is 46.2 Å². The van der Waals surface area contributed by atoms with E-state index >= 15 is 0 Å². The van der Waals surface area contributed by atoms with Crippen LogP contribution in [-0.2, 0) is 19.0 Å². The molecule has 2 rings (SSSR count). The number of aliphatic hydroxyl groups excluding tert-OH is 1. The predicted octanol–water partition coefficient (Wildman–Crippen LogP) is 0.229. The highest BCUT2D eigenvalue weighted by molar-refractivity contribution is 14.1. The van der Waals surface area contributed by atoms with Gasteiger partial charge in [0, 0.05) is 10.3 Å². The zero-order valence-corrected chi connectivity index (χ0v) is 10.5. The van der Waals surface area contributed by atoms with Crippen LogP contribution in [0.5, 0.6) is 0 Å². The Hall–Kier alpha value is 0.0800. The van der Waals surface area contributed by atoms with Crippen LogP contribution in [0.4, 0.5) is 0 Å². The minimum absolute atomic E-state index is 0.134. The Kier molecular flexibility index (Phi) is 3.20. The number of hydrogen-bond donors (Lipinski definition) is 1. The molecule has 15 heavy (non-hydrogen) atoms. The van der Waals surface area contributed by atoms with E-state index in [0.717, 1.165) is 0 Å². The van der Waals surface area contributed by atoms with E-state index in [4.69, 9.17) is 19.3 Å². The topological polar surface area (TPSA) is 65.0 Å². The molecule has 0 radical (unpaired) electrons. The second-order valence-electron chi connectivity index (χ2n) is 3.61. The highest BCUT2D eigenvalue weighted by Crippen LogP contribution is 2.46. The largest absolute Gasteiger partial charge is 0.462 e. The summed E-state index contributed by atoms with van der Waals surface area (Å²) in [6.07, 6.45) is -0.127. The van der Waals surface area contributed by atoms with E-state index in [1.165, 1.54) is 0 Å². The van der Waals surface area contributed by atoms with Gasteiger partial charge in [-0.2, -0.15) is 0 Å². The summed E-state index contributed by atoms with van der Waals surface area (Å²) in [6.45, 7) is 1.90. The molecule has 0 aromatic carbocycles. The van der Waals surface area contributed by atoms with Gasteiger partial charge in [-0.3, -0.25) is 0 Å². The molecule has 0 spiro atoms. The molecule has 4 unspecified atom stereocenters. The number of rotatable bonds is 3. The van der Waals surface area contributed by atoms with Gasteiger partial charge in [0.2, 0.25) is 0 Å². The van der Waals surface area contributed by atoms with E-state index < -0.39 is 17.9 Å². The predicted molar refractivity (Wildman–Crippen MR) is 58.6 cm³/mol. The molecule has 0 aliphatic carbocycles. The van der Waals surface area contributed by atoms with Crippen LogP contribution in [0.3, 0.4) is 0 Å². The molecule has 6 heteroatoms. The third-order valence-electron chi connectivity index (χ3n) is 2.62. The number of halogens is 1. The lowest BCUT2D eigenvalue weighted by atomic mass is 10.0. The Morgan fingerprint density at radius 2 is 2.40 bits per heavy atom. The maximum Gasteiger partial charge on any atom is 0.366 e. The summed E-state index contributed by atoms with van der Waals surface area (Å²) in [5.74, 6) is -1.75. The first-order valence-corrected chi connectivity index (χ1v) is 6.15. The summed E-state index contributed by atoms with van der Waals surface area (Å²) >= 11 is 2.21. The first kappa shape index (κ1) is 11.6. The molecule has 0 amide bonds. The quantitative estimate of drug-likeness (QED) is 0.456. The number of fused-ring (bicyclic) bond motifs is 2. The molecule has 2 aliphatic heterocycles. The van der Waals surface area contributed by atoms with Crippen LogP contribution in [0.2, 0.25) is 0 Å². The smallest absolute Gasteiger partial charge is 0.366 e. The van der Waals surface area contributed by atoms with E-state index in [2.05, 4.69) is 22.6 Å². The molecule has 2 saturated heterocycles. The highest BCUT2D eigenvalue weighted by Gasteiger charge is 2.62. The van der Waals surface area contributed by atoms with Crippen molar-refractivity contribution in [1.29, 1.82) is 0 Å². The van der Waals surface area contributed by atoms with Crippen molar-refractivity contribution < 1.29 is 24.1 Å². The van der Waals surface area contributed by atoms with E-state index in [-0.39, 0.29) is 16.6 Å². The molecule has 1 N–H and O–H groups in total. The zero-order chi connectivity index (χ0) is 11.1. The van der Waals surface area contributed by atoms with Gasteiger partial charge in [-0.05, 0) is 6.92 Å². The van der Waals surface area contributed by atoms with Gasteiger partial charge in [0.1, 0.15) is 12.2 Å². The van der Waals surface area contributed by atoms with Crippen molar-refractivity contribution in [2.75, 3.05) is 13.2 Å². The maximum atomic E-state index is 11.7. The summed E-state index contributed by atoms with van der Waals surface area (Å²) in [5.41, 5.74) is 0. The lowest BCUT2D eigenvalue weighted by Crippen LogP contribution is -2.45. The fourth-order valence-corrected chi connectivity index (χ4v) is 3.16. The van der Waals surface area contributed by atoms with Gasteiger partial charge in [-0.15, -0.1) is 0 Å². The summed E-state index contributed by atoms with van der Waals surface area (Å²) in [4.78, 5) is 11.7. The van der Waals surface area contributed by atoms with Crippen LogP contribution in [0, 0.1) is 0 Å². The molecule has 4 atom stereocenters. The first-order chi connectivity index (χ1) is 7.13. The van der Waals surface area contributed by atoms with Crippen molar-refractivity contribution in [3.05, 3.63) is 0 Å². The van der Waals surface area contributed by atoms with Gasteiger partial charge in [0.05, 0.1) is 13.2 Å². The minimum Gasteiger partial charge on any atom is -0.462 e. The van der Waals surface area contributed by atoms with Crippen molar-refractivity contribution >= 4 is 28.6 Å². The fourth-order valence-electron chi connectivity index (χ4n) is 1.97. The van der Waals surface area contributed by atoms with E-state index in [0.29, 0.717) is 13.0 Å². The molecule has 0 aromatic rings. The number of carbonyl (C=O) groups excluding carboxylic acids is 1. The average Bonchev–Trinajstić information content (AvgIpc) is 2.73. The number of esters is 1. The Labute approximate surface area is 101 Å². The van der Waals surface area contributed by atoms with Crippen molar-refractivity contribution in [3.8, 4) is 0 Å². The van der Waals surface area contributed by atoms with Crippen LogP contribution in [0.15, 0.2) is 0 Å². The molecule has 86 valence electrons. The fraction of sp³-hybridized carbons (Fsp3) is 0.889. The van der Waals surface area contributed by atoms with E-state index in [9.17, 15) is 4.79 Å². The van der Waals surface area contributed by atoms with Crippen LogP contribution in [0.25, 0.3) is 0 Å². The van der Waals surface area contributed by atoms with Gasteiger partial charge >= 0.3 is 5.97 Å². The van der Waals surface area contributed by atoms with Gasteiger partial charge in [0.15, 0.2) is 0 Å². The van der Waals surface area contributed by atoms with Gasteiger partial charge in [-0.1, -0.05) is 22.6 Å². The van der Waals surface area contributed by atoms with Crippen molar-refractivity contribution in [3.63, 3.8) is 0 Å². The lowest BCUT2D eigenvalue weighted by Gasteiger charge is -2.26. The third-order valence-corrected chi connectivity index (χ3v) is 3.77. The SMILES string of the molecule is CCOC(=O)C12CC(I)C(O1)C(CO)O2. The summed E-state index contributed by atoms with van der Waals surface area (Å²) in [6, 6.07) is 0. The Balaban J connectivity index is 2.13. The monoisotopic (exact) mass is 328 g/mol. The number of hydrogen-bond acceptors (Lipinski definition) is 5. The number of aliphatic hydroxyl groups is 1. The zero-order valence-electron chi connectivity index (χ0n) is 8.31. The Morgan fingerprint density at radius 3 is 2.93 bits per heavy atom. The van der Waals surface area contributed by atoms with E-state index in [1.807, 2.05) is 0 Å². The Morgan fingerprint density at radius 1 is 1.67 bits per heavy atom. The average molecular weight is 328 g/mol. The van der Waals surface area contributed by atoms with Crippen molar-refractivity contribution in [2.45, 2.75) is 35.3 Å². The third kappa shape index (κ3) is 1.77. The molecule has 2 fully saturated rings. The maximum absolute atomic E-state index is 11.7. The molecular formula is C9H13IO5. The van der Waals surface area contributed by atoms with Gasteiger partial charge < -0.3 is 19.3 Å². The highest BCUT2D eigenvalue weighted by atomic mass is 127. The minimum atomic E-state index is -1.26. The summed E-state index contributed by atoms with van der Waals surface area (Å²) in [5, 5.41) is 9.07. The summed E-state index contributed by atoms with van der Waals surface area (Å²) < 4.78 is 16.0. The Bertz CT molecular complexity index is 267. The second-order valence-corrected chi connectivity index (χ2v) is 5.21. The lowest BCUT2D eigenvalue weighted by molar-refractivity contribution is -0.207. The second kappa shape index (κ2) is 4.15. The van der Waals surface area contributed by atoms with Gasteiger partial charge in [-0.25, -0.2) is 4.79 Å². The van der Waals surface area contributed by atoms with Crippen LogP contribution >= 0.6 is 22.6 Å². The summed E-state index contributed by atoms with van der Waals surface area (Å²) in [7, 11) is 0. The first-order valence-electron chi connectivity index (χ1n) is 4.90. The number of ether oxygens (including phenoxy) is 3. The van der Waals surface area contributed by atoms with E-state index in [1.54, 1.807) is 6.92 Å². The van der Waals surface area contributed by atoms with Gasteiger partial charge in [0.25, 0.3) is 5.79 Å². The number of alkyl halides is 1. The molecule has 2 aliphatic rings.